The number of benzene rings is 1. The first-order valence-corrected chi connectivity index (χ1v) is 7.59. The molecule has 0 bridgehead atoms. The molecule has 1 aliphatic heterocycles. The number of halogens is 1. The molecule has 1 fully saturated rings. The first kappa shape index (κ1) is 15.3. The number of carbonyl (C=O) groups excluding carboxylic acids is 1. The summed E-state index contributed by atoms with van der Waals surface area (Å²) in [4.78, 5) is 11.1. The van der Waals surface area contributed by atoms with Gasteiger partial charge in [0.25, 0.3) is 0 Å². The highest BCUT2D eigenvalue weighted by atomic mass is 79.9. The van der Waals surface area contributed by atoms with E-state index in [4.69, 9.17) is 9.47 Å². The number of ether oxygens (including phenoxy) is 2. The van der Waals surface area contributed by atoms with Gasteiger partial charge in [0.05, 0.1) is 19.8 Å². The second-order valence-corrected chi connectivity index (χ2v) is 5.88. The van der Waals surface area contributed by atoms with Crippen LogP contribution in [0.5, 0.6) is 11.5 Å². The summed E-state index contributed by atoms with van der Waals surface area (Å²) >= 11 is 3.55. The summed E-state index contributed by atoms with van der Waals surface area (Å²) in [5.41, 5.74) is 1.57. The van der Waals surface area contributed by atoms with Crippen LogP contribution in [0.2, 0.25) is 0 Å². The van der Waals surface area contributed by atoms with Gasteiger partial charge in [-0.3, -0.25) is 4.79 Å². The van der Waals surface area contributed by atoms with Crippen LogP contribution in [-0.4, -0.2) is 33.6 Å². The van der Waals surface area contributed by atoms with E-state index in [2.05, 4.69) is 21.2 Å². The molecule has 20 heavy (non-hydrogen) atoms. The highest BCUT2D eigenvalue weighted by Crippen LogP contribution is 2.40. The van der Waals surface area contributed by atoms with Crippen molar-refractivity contribution in [3.05, 3.63) is 21.7 Å². The van der Waals surface area contributed by atoms with Crippen LogP contribution in [0.25, 0.3) is 0 Å². The summed E-state index contributed by atoms with van der Waals surface area (Å²) in [6.07, 6.45) is 4.11. The van der Waals surface area contributed by atoms with Crippen molar-refractivity contribution in [2.75, 3.05) is 27.3 Å². The molecule has 2 rings (SSSR count). The third-order valence-corrected chi connectivity index (χ3v) is 4.45. The Kier molecular flexibility index (Phi) is 5.43. The molecular formula is C15H20BrNO3. The number of methoxy groups -OCH3 is 2. The lowest BCUT2D eigenvalue weighted by atomic mass is 9.91. The predicted molar refractivity (Wildman–Crippen MR) is 81.9 cm³/mol. The third kappa shape index (κ3) is 3.15. The van der Waals surface area contributed by atoms with Crippen molar-refractivity contribution in [1.29, 1.82) is 0 Å². The van der Waals surface area contributed by atoms with Gasteiger partial charge in [0.1, 0.15) is 0 Å². The van der Waals surface area contributed by atoms with Crippen LogP contribution < -0.4 is 14.8 Å². The number of hydrogen-bond donors (Lipinski definition) is 1. The maximum Gasteiger partial charge on any atom is 0.171 e. The smallest absolute Gasteiger partial charge is 0.171 e. The minimum absolute atomic E-state index is 0.502. The maximum atomic E-state index is 11.1. The molecule has 1 N–H and O–H groups in total. The molecule has 1 aromatic rings. The van der Waals surface area contributed by atoms with E-state index in [0.29, 0.717) is 23.0 Å². The van der Waals surface area contributed by atoms with E-state index in [1.807, 2.05) is 0 Å². The summed E-state index contributed by atoms with van der Waals surface area (Å²) < 4.78 is 11.8. The largest absolute Gasteiger partial charge is 0.493 e. The Morgan fingerprint density at radius 2 is 2.15 bits per heavy atom. The molecule has 0 amide bonds. The van der Waals surface area contributed by atoms with Crippen LogP contribution in [0.15, 0.2) is 10.5 Å². The first-order valence-electron chi connectivity index (χ1n) is 6.80. The van der Waals surface area contributed by atoms with Crippen molar-refractivity contribution < 1.29 is 14.3 Å². The van der Waals surface area contributed by atoms with Gasteiger partial charge in [0, 0.05) is 10.0 Å². The van der Waals surface area contributed by atoms with Crippen molar-refractivity contribution >= 4 is 22.2 Å². The van der Waals surface area contributed by atoms with Crippen LogP contribution in [-0.2, 0) is 6.42 Å². The Morgan fingerprint density at radius 1 is 1.40 bits per heavy atom. The Morgan fingerprint density at radius 3 is 2.70 bits per heavy atom. The fraction of sp³-hybridized carbons (Fsp3) is 0.533. The average Bonchev–Trinajstić information content (AvgIpc) is 2.49. The van der Waals surface area contributed by atoms with Gasteiger partial charge in [-0.05, 0) is 44.3 Å². The number of piperidine rings is 1. The topological polar surface area (TPSA) is 47.6 Å². The molecule has 110 valence electrons. The van der Waals surface area contributed by atoms with Crippen molar-refractivity contribution in [3.8, 4) is 11.5 Å². The molecule has 4 nitrogen and oxygen atoms in total. The Hall–Kier alpha value is -1.07. The van der Waals surface area contributed by atoms with Crippen LogP contribution >= 0.6 is 15.9 Å². The van der Waals surface area contributed by atoms with E-state index in [1.54, 1.807) is 20.3 Å². The van der Waals surface area contributed by atoms with Crippen molar-refractivity contribution in [1.82, 2.24) is 5.32 Å². The van der Waals surface area contributed by atoms with E-state index < -0.39 is 0 Å². The molecule has 1 saturated heterocycles. The maximum absolute atomic E-state index is 11.1. The summed E-state index contributed by atoms with van der Waals surface area (Å²) in [5.74, 6) is 1.76. The van der Waals surface area contributed by atoms with Gasteiger partial charge in [0.15, 0.2) is 17.8 Å². The van der Waals surface area contributed by atoms with Crippen molar-refractivity contribution in [2.45, 2.75) is 19.3 Å². The zero-order chi connectivity index (χ0) is 14.5. The Balaban J connectivity index is 2.37. The standard InChI is InChI=1S/C15H20BrNO3/c1-19-14-11(9-18)7-13(16)12(15(14)20-2)6-10-4-3-5-17-8-10/h7,9-10,17H,3-6,8H2,1-2H3. The fourth-order valence-electron chi connectivity index (χ4n) is 2.76. The van der Waals surface area contributed by atoms with Gasteiger partial charge in [0.2, 0.25) is 0 Å². The molecule has 0 saturated carbocycles. The summed E-state index contributed by atoms with van der Waals surface area (Å²) in [5, 5.41) is 3.42. The van der Waals surface area contributed by atoms with Crippen molar-refractivity contribution in [2.24, 2.45) is 5.92 Å². The lowest BCUT2D eigenvalue weighted by molar-refractivity contribution is 0.112. The average molecular weight is 342 g/mol. The second-order valence-electron chi connectivity index (χ2n) is 5.03. The number of aldehydes is 1. The summed E-state index contributed by atoms with van der Waals surface area (Å²) in [6, 6.07) is 1.81. The Bertz CT molecular complexity index is 484. The quantitative estimate of drug-likeness (QED) is 0.836. The summed E-state index contributed by atoms with van der Waals surface area (Å²) in [6.45, 7) is 2.12. The van der Waals surface area contributed by atoms with Gasteiger partial charge >= 0.3 is 0 Å². The van der Waals surface area contributed by atoms with E-state index in [-0.39, 0.29) is 0 Å². The number of carbonyl (C=O) groups is 1. The van der Waals surface area contributed by atoms with Crippen molar-refractivity contribution in [3.63, 3.8) is 0 Å². The molecular weight excluding hydrogens is 322 g/mol. The van der Waals surface area contributed by atoms with Gasteiger partial charge in [-0.15, -0.1) is 0 Å². The van der Waals surface area contributed by atoms with Gasteiger partial charge in [-0.2, -0.15) is 0 Å². The zero-order valence-corrected chi connectivity index (χ0v) is 13.5. The lowest BCUT2D eigenvalue weighted by Gasteiger charge is -2.25. The molecule has 5 heteroatoms. The highest BCUT2D eigenvalue weighted by Gasteiger charge is 2.22. The monoisotopic (exact) mass is 341 g/mol. The van der Waals surface area contributed by atoms with Crippen LogP contribution in [0.4, 0.5) is 0 Å². The van der Waals surface area contributed by atoms with Gasteiger partial charge in [-0.1, -0.05) is 15.9 Å². The molecule has 1 aromatic carbocycles. The number of hydrogen-bond acceptors (Lipinski definition) is 4. The molecule has 0 aromatic heterocycles. The summed E-state index contributed by atoms with van der Waals surface area (Å²) in [7, 11) is 3.17. The van der Waals surface area contributed by atoms with E-state index in [9.17, 15) is 4.79 Å². The van der Waals surface area contributed by atoms with Crippen LogP contribution in [0, 0.1) is 5.92 Å². The molecule has 0 aliphatic carbocycles. The van der Waals surface area contributed by atoms with Gasteiger partial charge < -0.3 is 14.8 Å². The minimum Gasteiger partial charge on any atom is -0.493 e. The molecule has 1 aliphatic rings. The van der Waals surface area contributed by atoms with Gasteiger partial charge in [-0.25, -0.2) is 0 Å². The molecule has 1 unspecified atom stereocenters. The van der Waals surface area contributed by atoms with E-state index in [0.717, 1.165) is 35.8 Å². The highest BCUT2D eigenvalue weighted by molar-refractivity contribution is 9.10. The number of rotatable bonds is 5. The van der Waals surface area contributed by atoms with Crippen LogP contribution in [0.3, 0.4) is 0 Å². The molecule has 1 atom stereocenters. The normalized spacial score (nSPS) is 18.6. The zero-order valence-electron chi connectivity index (χ0n) is 11.9. The number of nitrogens with one attached hydrogen (secondary N) is 1. The lowest BCUT2D eigenvalue weighted by Crippen LogP contribution is -2.31. The first-order chi connectivity index (χ1) is 9.71. The molecule has 1 heterocycles. The Labute approximate surface area is 128 Å². The fourth-order valence-corrected chi connectivity index (χ4v) is 3.35. The third-order valence-electron chi connectivity index (χ3n) is 3.74. The predicted octanol–water partition coefficient (Wildman–Crippen LogP) is 2.82. The van der Waals surface area contributed by atoms with E-state index >= 15 is 0 Å². The SMILES string of the molecule is COc1c(C=O)cc(Br)c(CC2CCCNC2)c1OC. The van der Waals surface area contributed by atoms with Crippen LogP contribution in [0.1, 0.15) is 28.8 Å². The molecule has 0 spiro atoms. The minimum atomic E-state index is 0.502. The second kappa shape index (κ2) is 7.09. The molecule has 0 radical (unpaired) electrons. The van der Waals surface area contributed by atoms with E-state index in [1.165, 1.54) is 12.8 Å².